The highest BCUT2D eigenvalue weighted by atomic mass is 127. The molecule has 1 aromatic heterocycles. The summed E-state index contributed by atoms with van der Waals surface area (Å²) in [5, 5.41) is 7.51. The molecule has 1 unspecified atom stereocenters. The third kappa shape index (κ3) is 4.96. The number of benzene rings is 1. The quantitative estimate of drug-likeness (QED) is 0.426. The summed E-state index contributed by atoms with van der Waals surface area (Å²) in [4.78, 5) is 4.49. The molecule has 1 aromatic carbocycles. The number of rotatable bonds is 5. The number of aliphatic imine (C=N–C) groups is 1. The summed E-state index contributed by atoms with van der Waals surface area (Å²) in [6, 6.07) is 8.35. The topological polar surface area (TPSA) is 68.2 Å². The lowest BCUT2D eigenvalue weighted by atomic mass is 9.90. The number of aromatic nitrogens is 2. The summed E-state index contributed by atoms with van der Waals surface area (Å²) in [5.41, 5.74) is 10.0. The maximum Gasteiger partial charge on any atom is 0.193 e. The molecule has 0 saturated heterocycles. The first-order valence-electron chi connectivity index (χ1n) is 8.37. The van der Waals surface area contributed by atoms with Crippen LogP contribution in [0.2, 0.25) is 0 Å². The number of nitrogens with zero attached hydrogens (tertiary/aromatic N) is 3. The lowest BCUT2D eigenvalue weighted by Crippen LogP contribution is -2.25. The van der Waals surface area contributed by atoms with Gasteiger partial charge in [0.05, 0.1) is 0 Å². The van der Waals surface area contributed by atoms with Crippen molar-refractivity contribution in [1.82, 2.24) is 9.78 Å². The molecule has 24 heavy (non-hydrogen) atoms. The number of nitrogens with one attached hydrogen (secondary N) is 1. The van der Waals surface area contributed by atoms with Crippen LogP contribution in [0.15, 0.2) is 41.7 Å². The van der Waals surface area contributed by atoms with Gasteiger partial charge in [-0.2, -0.15) is 5.10 Å². The molecule has 1 aliphatic carbocycles. The Morgan fingerprint density at radius 1 is 1.33 bits per heavy atom. The van der Waals surface area contributed by atoms with Crippen molar-refractivity contribution in [3.05, 3.63) is 47.8 Å². The highest BCUT2D eigenvalue weighted by molar-refractivity contribution is 14.0. The third-order valence-electron chi connectivity index (χ3n) is 4.29. The van der Waals surface area contributed by atoms with E-state index in [1.54, 1.807) is 6.20 Å². The third-order valence-corrected chi connectivity index (χ3v) is 4.29. The summed E-state index contributed by atoms with van der Waals surface area (Å²) in [6.07, 6.45) is 8.60. The normalized spacial score (nSPS) is 15.3. The van der Waals surface area contributed by atoms with E-state index in [0.29, 0.717) is 18.4 Å². The van der Waals surface area contributed by atoms with Crippen molar-refractivity contribution < 1.29 is 0 Å². The first-order valence-corrected chi connectivity index (χ1v) is 8.37. The van der Waals surface area contributed by atoms with Gasteiger partial charge in [-0.15, -0.1) is 24.0 Å². The highest BCUT2D eigenvalue weighted by Gasteiger charge is 2.13. The molecule has 0 amide bonds. The fraction of sp³-hybridized carbons (Fsp3) is 0.444. The molecule has 0 bridgehead atoms. The van der Waals surface area contributed by atoms with Gasteiger partial charge in [0.2, 0.25) is 0 Å². The molecule has 0 spiro atoms. The van der Waals surface area contributed by atoms with Crippen LogP contribution in [0.1, 0.15) is 30.9 Å². The number of guanidine groups is 1. The van der Waals surface area contributed by atoms with E-state index in [1.165, 1.54) is 30.4 Å². The SMILES string of the molecule is CC(CN=C(N)Nc1cccc2c1CCCC2)Cn1cccn1.I. The number of aryl methyl sites for hydroxylation is 1. The van der Waals surface area contributed by atoms with Crippen molar-refractivity contribution in [1.29, 1.82) is 0 Å². The van der Waals surface area contributed by atoms with Crippen LogP contribution in [-0.2, 0) is 19.4 Å². The van der Waals surface area contributed by atoms with Crippen LogP contribution in [0.5, 0.6) is 0 Å². The Morgan fingerprint density at radius 3 is 2.96 bits per heavy atom. The average molecular weight is 439 g/mol. The highest BCUT2D eigenvalue weighted by Crippen LogP contribution is 2.27. The number of hydrogen-bond acceptors (Lipinski definition) is 2. The predicted molar refractivity (Wildman–Crippen MR) is 110 cm³/mol. The smallest absolute Gasteiger partial charge is 0.193 e. The van der Waals surface area contributed by atoms with E-state index < -0.39 is 0 Å². The first-order chi connectivity index (χ1) is 11.2. The van der Waals surface area contributed by atoms with Gasteiger partial charge < -0.3 is 11.1 Å². The molecule has 0 aliphatic heterocycles. The molecule has 3 N–H and O–H groups in total. The van der Waals surface area contributed by atoms with Crippen LogP contribution in [0.3, 0.4) is 0 Å². The Bertz CT molecular complexity index is 666. The minimum absolute atomic E-state index is 0. The zero-order valence-corrected chi connectivity index (χ0v) is 16.4. The van der Waals surface area contributed by atoms with Crippen molar-refractivity contribution in [3.8, 4) is 0 Å². The fourth-order valence-electron chi connectivity index (χ4n) is 3.12. The van der Waals surface area contributed by atoms with Crippen LogP contribution in [0, 0.1) is 5.92 Å². The Morgan fingerprint density at radius 2 is 2.17 bits per heavy atom. The van der Waals surface area contributed by atoms with Crippen LogP contribution >= 0.6 is 24.0 Å². The molecule has 1 atom stereocenters. The summed E-state index contributed by atoms with van der Waals surface area (Å²) < 4.78 is 1.93. The van der Waals surface area contributed by atoms with Gasteiger partial charge in [-0.25, -0.2) is 0 Å². The van der Waals surface area contributed by atoms with Crippen molar-refractivity contribution >= 4 is 35.6 Å². The standard InChI is InChI=1S/C18H25N5.HI/c1-14(13-23-11-5-10-21-23)12-20-18(19)22-17-9-4-7-15-6-2-3-8-16(15)17;/h4-5,7,9-11,14H,2-3,6,8,12-13H2,1H3,(H3,19,20,22);1H. The molecule has 0 radical (unpaired) electrons. The van der Waals surface area contributed by atoms with Crippen molar-refractivity contribution in [2.45, 2.75) is 39.2 Å². The molecule has 0 fully saturated rings. The second-order valence-electron chi connectivity index (χ2n) is 6.33. The Balaban J connectivity index is 0.00000208. The minimum Gasteiger partial charge on any atom is -0.370 e. The lowest BCUT2D eigenvalue weighted by molar-refractivity contribution is 0.459. The zero-order valence-electron chi connectivity index (χ0n) is 14.1. The van der Waals surface area contributed by atoms with Crippen LogP contribution in [0.25, 0.3) is 0 Å². The van der Waals surface area contributed by atoms with Gasteiger partial charge in [-0.05, 0) is 54.9 Å². The largest absolute Gasteiger partial charge is 0.370 e. The summed E-state index contributed by atoms with van der Waals surface area (Å²) in [5.74, 6) is 0.885. The molecule has 130 valence electrons. The molecule has 3 rings (SSSR count). The average Bonchev–Trinajstić information content (AvgIpc) is 3.06. The molecular formula is C18H26IN5. The van der Waals surface area contributed by atoms with Crippen LogP contribution in [0.4, 0.5) is 5.69 Å². The molecule has 6 heteroatoms. The number of nitrogens with two attached hydrogens (primary N) is 1. The van der Waals surface area contributed by atoms with E-state index in [1.807, 2.05) is 16.9 Å². The van der Waals surface area contributed by atoms with Crippen LogP contribution < -0.4 is 11.1 Å². The van der Waals surface area contributed by atoms with Gasteiger partial charge in [-0.3, -0.25) is 9.67 Å². The van der Waals surface area contributed by atoms with Crippen molar-refractivity contribution in [3.63, 3.8) is 0 Å². The van der Waals surface area contributed by atoms with Crippen LogP contribution in [-0.4, -0.2) is 22.3 Å². The lowest BCUT2D eigenvalue weighted by Gasteiger charge is -2.20. The molecule has 0 saturated carbocycles. The van der Waals surface area contributed by atoms with Gasteiger partial charge in [0.1, 0.15) is 0 Å². The predicted octanol–water partition coefficient (Wildman–Crippen LogP) is 3.44. The van der Waals surface area contributed by atoms with Crippen molar-refractivity contribution in [2.24, 2.45) is 16.6 Å². The van der Waals surface area contributed by atoms with Crippen molar-refractivity contribution in [2.75, 3.05) is 11.9 Å². The molecule has 1 heterocycles. The van der Waals surface area contributed by atoms with E-state index >= 15 is 0 Å². The van der Waals surface area contributed by atoms with E-state index in [0.717, 1.165) is 18.7 Å². The molecule has 1 aliphatic rings. The Labute approximate surface area is 160 Å². The Kier molecular flexibility index (Phi) is 7.08. The molecule has 2 aromatic rings. The Hall–Kier alpha value is -1.57. The maximum absolute atomic E-state index is 6.08. The fourth-order valence-corrected chi connectivity index (χ4v) is 3.12. The monoisotopic (exact) mass is 439 g/mol. The maximum atomic E-state index is 6.08. The summed E-state index contributed by atoms with van der Waals surface area (Å²) in [7, 11) is 0. The second-order valence-corrected chi connectivity index (χ2v) is 6.33. The van der Waals surface area contributed by atoms with E-state index in [-0.39, 0.29) is 24.0 Å². The summed E-state index contributed by atoms with van der Waals surface area (Å²) >= 11 is 0. The first kappa shape index (κ1) is 18.8. The second kappa shape index (κ2) is 9.05. The van der Waals surface area contributed by atoms with Gasteiger partial charge in [0.15, 0.2) is 5.96 Å². The molecular weight excluding hydrogens is 413 g/mol. The number of halogens is 1. The van der Waals surface area contributed by atoms with E-state index in [4.69, 9.17) is 5.73 Å². The van der Waals surface area contributed by atoms with Gasteiger partial charge in [0, 0.05) is 31.2 Å². The van der Waals surface area contributed by atoms with Gasteiger partial charge >= 0.3 is 0 Å². The number of fused-ring (bicyclic) bond motifs is 1. The summed E-state index contributed by atoms with van der Waals surface area (Å²) in [6.45, 7) is 3.70. The van der Waals surface area contributed by atoms with Gasteiger partial charge in [-0.1, -0.05) is 19.1 Å². The number of anilines is 1. The minimum atomic E-state index is 0. The zero-order chi connectivity index (χ0) is 16.1. The number of hydrogen-bond donors (Lipinski definition) is 2. The van der Waals surface area contributed by atoms with Gasteiger partial charge in [0.25, 0.3) is 0 Å². The molecule has 5 nitrogen and oxygen atoms in total. The van der Waals surface area contributed by atoms with E-state index in [2.05, 4.69) is 40.5 Å². The van der Waals surface area contributed by atoms with E-state index in [9.17, 15) is 0 Å².